The zero-order valence-corrected chi connectivity index (χ0v) is 6.15. The lowest BCUT2D eigenvalue weighted by atomic mass is 10.9. The SMILES string of the molecule is CN=C(N)SCCON. The van der Waals surface area contributed by atoms with Crippen molar-refractivity contribution in [3.63, 3.8) is 0 Å². The van der Waals surface area contributed by atoms with E-state index in [1.807, 2.05) is 0 Å². The first kappa shape index (κ1) is 8.74. The van der Waals surface area contributed by atoms with Gasteiger partial charge in [0.2, 0.25) is 0 Å². The van der Waals surface area contributed by atoms with Gasteiger partial charge in [0.15, 0.2) is 5.17 Å². The normalized spacial score (nSPS) is 12.0. The molecular weight excluding hydrogens is 138 g/mol. The number of hydrogen-bond donors (Lipinski definition) is 2. The van der Waals surface area contributed by atoms with E-state index in [4.69, 9.17) is 11.6 Å². The lowest BCUT2D eigenvalue weighted by Crippen LogP contribution is -2.10. The molecule has 0 aliphatic rings. The van der Waals surface area contributed by atoms with E-state index >= 15 is 0 Å². The fraction of sp³-hybridized carbons (Fsp3) is 0.750. The quantitative estimate of drug-likeness (QED) is 0.247. The Balaban J connectivity index is 3.07. The minimum absolute atomic E-state index is 0.501. The molecule has 0 saturated carbocycles. The Hall–Kier alpha value is -0.260. The van der Waals surface area contributed by atoms with Crippen LogP contribution in [0.2, 0.25) is 0 Å². The van der Waals surface area contributed by atoms with Gasteiger partial charge in [-0.3, -0.25) is 4.99 Å². The van der Waals surface area contributed by atoms with Gasteiger partial charge in [0.25, 0.3) is 0 Å². The number of nitrogens with two attached hydrogens (primary N) is 2. The molecule has 5 heteroatoms. The molecule has 0 aliphatic carbocycles. The average Bonchev–Trinajstić information content (AvgIpc) is 1.89. The minimum Gasteiger partial charge on any atom is -0.379 e. The van der Waals surface area contributed by atoms with Crippen LogP contribution >= 0.6 is 11.8 Å². The summed E-state index contributed by atoms with van der Waals surface area (Å²) in [5, 5.41) is 0.562. The molecule has 54 valence electrons. The first-order chi connectivity index (χ1) is 4.31. The fourth-order valence-electron chi connectivity index (χ4n) is 0.259. The highest BCUT2D eigenvalue weighted by atomic mass is 32.2. The molecule has 4 nitrogen and oxygen atoms in total. The monoisotopic (exact) mass is 149 g/mol. The van der Waals surface area contributed by atoms with E-state index in [1.54, 1.807) is 7.05 Å². The summed E-state index contributed by atoms with van der Waals surface area (Å²) in [5.41, 5.74) is 5.33. The molecule has 0 heterocycles. The summed E-state index contributed by atoms with van der Waals surface area (Å²) < 4.78 is 0. The van der Waals surface area contributed by atoms with Crippen LogP contribution in [0.5, 0.6) is 0 Å². The number of hydrogen-bond acceptors (Lipinski definition) is 4. The molecule has 0 radical (unpaired) electrons. The summed E-state index contributed by atoms with van der Waals surface area (Å²) in [4.78, 5) is 8.03. The van der Waals surface area contributed by atoms with E-state index in [0.29, 0.717) is 11.8 Å². The summed E-state index contributed by atoms with van der Waals surface area (Å²) in [7, 11) is 1.64. The molecule has 0 saturated heterocycles. The van der Waals surface area contributed by atoms with E-state index in [-0.39, 0.29) is 0 Å². The topological polar surface area (TPSA) is 73.6 Å². The molecule has 0 aliphatic heterocycles. The number of rotatable bonds is 3. The number of aliphatic imine (C=N–C) groups is 1. The molecule has 0 fully saturated rings. The van der Waals surface area contributed by atoms with Crippen molar-refractivity contribution >= 4 is 16.9 Å². The van der Waals surface area contributed by atoms with E-state index in [0.717, 1.165) is 5.75 Å². The molecule has 9 heavy (non-hydrogen) atoms. The fourth-order valence-corrected chi connectivity index (χ4v) is 0.777. The van der Waals surface area contributed by atoms with Crippen LogP contribution in [0.4, 0.5) is 0 Å². The van der Waals surface area contributed by atoms with Gasteiger partial charge >= 0.3 is 0 Å². The summed E-state index contributed by atoms with van der Waals surface area (Å²) in [6.45, 7) is 0.501. The van der Waals surface area contributed by atoms with Crippen LogP contribution in [0.3, 0.4) is 0 Å². The molecule has 0 unspecified atom stereocenters. The number of thioether (sulfide) groups is 1. The largest absolute Gasteiger partial charge is 0.379 e. The van der Waals surface area contributed by atoms with E-state index < -0.39 is 0 Å². The maximum absolute atomic E-state index is 5.33. The summed E-state index contributed by atoms with van der Waals surface area (Å²) in [6.07, 6.45) is 0. The molecule has 0 spiro atoms. The van der Waals surface area contributed by atoms with E-state index in [1.165, 1.54) is 11.8 Å². The van der Waals surface area contributed by atoms with Crippen molar-refractivity contribution in [1.29, 1.82) is 0 Å². The van der Waals surface area contributed by atoms with Crippen LogP contribution in [0.25, 0.3) is 0 Å². The van der Waals surface area contributed by atoms with Gasteiger partial charge in [0.1, 0.15) is 0 Å². The third-order valence-electron chi connectivity index (χ3n) is 0.672. The first-order valence-corrected chi connectivity index (χ1v) is 3.46. The Morgan fingerprint density at radius 3 is 2.89 bits per heavy atom. The summed E-state index contributed by atoms with van der Waals surface area (Å²) >= 11 is 1.42. The number of nitrogens with zero attached hydrogens (tertiary/aromatic N) is 1. The molecule has 0 atom stereocenters. The van der Waals surface area contributed by atoms with Crippen LogP contribution < -0.4 is 11.6 Å². The highest BCUT2D eigenvalue weighted by Crippen LogP contribution is 1.96. The minimum atomic E-state index is 0.501. The van der Waals surface area contributed by atoms with Crippen molar-refractivity contribution in [2.24, 2.45) is 16.6 Å². The average molecular weight is 149 g/mol. The second-order valence-corrected chi connectivity index (χ2v) is 2.40. The Morgan fingerprint density at radius 2 is 2.44 bits per heavy atom. The Bertz CT molecular complexity index is 95.8. The molecule has 0 bridgehead atoms. The van der Waals surface area contributed by atoms with Gasteiger partial charge in [-0.1, -0.05) is 11.8 Å². The van der Waals surface area contributed by atoms with Crippen LogP contribution in [-0.2, 0) is 4.84 Å². The van der Waals surface area contributed by atoms with Crippen molar-refractivity contribution in [2.75, 3.05) is 19.4 Å². The van der Waals surface area contributed by atoms with Gasteiger partial charge in [-0.25, -0.2) is 5.90 Å². The third kappa shape index (κ3) is 5.61. The Morgan fingerprint density at radius 1 is 1.78 bits per heavy atom. The second-order valence-electron chi connectivity index (χ2n) is 1.28. The molecule has 0 rings (SSSR count). The predicted octanol–water partition coefficient (Wildman–Crippen LogP) is -0.446. The predicted molar refractivity (Wildman–Crippen MR) is 40.1 cm³/mol. The van der Waals surface area contributed by atoms with Crippen molar-refractivity contribution in [1.82, 2.24) is 0 Å². The van der Waals surface area contributed by atoms with Gasteiger partial charge < -0.3 is 10.6 Å². The van der Waals surface area contributed by atoms with Crippen molar-refractivity contribution < 1.29 is 4.84 Å². The second kappa shape index (κ2) is 5.87. The smallest absolute Gasteiger partial charge is 0.153 e. The maximum atomic E-state index is 5.33. The van der Waals surface area contributed by atoms with Crippen LogP contribution in [-0.4, -0.2) is 24.6 Å². The first-order valence-electron chi connectivity index (χ1n) is 2.48. The molecule has 0 amide bonds. The molecule has 0 aromatic carbocycles. The highest BCUT2D eigenvalue weighted by molar-refractivity contribution is 8.13. The van der Waals surface area contributed by atoms with Gasteiger partial charge in [-0.2, -0.15) is 0 Å². The molecule has 4 N–H and O–H groups in total. The van der Waals surface area contributed by atoms with Gasteiger partial charge in [0, 0.05) is 12.8 Å². The van der Waals surface area contributed by atoms with Gasteiger partial charge in [-0.05, 0) is 0 Å². The van der Waals surface area contributed by atoms with Crippen molar-refractivity contribution in [3.05, 3.63) is 0 Å². The molecule has 0 aromatic rings. The lowest BCUT2D eigenvalue weighted by molar-refractivity contribution is 0.155. The third-order valence-corrected chi connectivity index (χ3v) is 1.52. The van der Waals surface area contributed by atoms with Crippen LogP contribution in [0.1, 0.15) is 0 Å². The maximum Gasteiger partial charge on any atom is 0.153 e. The van der Waals surface area contributed by atoms with Crippen LogP contribution in [0, 0.1) is 0 Å². The highest BCUT2D eigenvalue weighted by Gasteiger charge is 1.89. The van der Waals surface area contributed by atoms with E-state index in [9.17, 15) is 0 Å². The standard InChI is InChI=1S/C4H11N3OS/c1-7-4(5)9-3-2-8-6/h2-3,6H2,1H3,(H2,5,7). The summed E-state index contributed by atoms with van der Waals surface area (Å²) in [5.74, 6) is 5.51. The Kier molecular flexibility index (Phi) is 5.70. The van der Waals surface area contributed by atoms with E-state index in [2.05, 4.69) is 9.83 Å². The Labute approximate surface area is 58.6 Å². The molecular formula is C4H11N3OS. The summed E-state index contributed by atoms with van der Waals surface area (Å²) in [6, 6.07) is 0. The van der Waals surface area contributed by atoms with Gasteiger partial charge in [0.05, 0.1) is 6.61 Å². The van der Waals surface area contributed by atoms with Crippen LogP contribution in [0.15, 0.2) is 4.99 Å². The number of amidine groups is 1. The van der Waals surface area contributed by atoms with Crippen molar-refractivity contribution in [3.8, 4) is 0 Å². The zero-order chi connectivity index (χ0) is 7.11. The molecule has 0 aromatic heterocycles. The van der Waals surface area contributed by atoms with Gasteiger partial charge in [-0.15, -0.1) is 0 Å². The lowest BCUT2D eigenvalue weighted by Gasteiger charge is -1.96. The van der Waals surface area contributed by atoms with Crippen molar-refractivity contribution in [2.45, 2.75) is 0 Å². The zero-order valence-electron chi connectivity index (χ0n) is 5.33.